The molecule has 0 spiro atoms. The topological polar surface area (TPSA) is 63.9 Å². The number of hydrogen-bond donors (Lipinski definition) is 0. The Bertz CT molecular complexity index is 684. The predicted octanol–water partition coefficient (Wildman–Crippen LogP) is 2.62. The van der Waals surface area contributed by atoms with Crippen molar-refractivity contribution in [2.45, 2.75) is 31.3 Å². The van der Waals surface area contributed by atoms with Gasteiger partial charge in [-0.1, -0.05) is 18.7 Å². The van der Waals surface area contributed by atoms with Gasteiger partial charge in [0.05, 0.1) is 5.75 Å². The van der Waals surface area contributed by atoms with Crippen molar-refractivity contribution in [3.8, 4) is 11.4 Å². The third-order valence-corrected chi connectivity index (χ3v) is 5.12. The van der Waals surface area contributed by atoms with Crippen LogP contribution in [0, 0.1) is 5.92 Å². The molecule has 1 fully saturated rings. The molecule has 1 amide bonds. The van der Waals surface area contributed by atoms with Gasteiger partial charge in [-0.15, -0.1) is 10.2 Å². The highest BCUT2D eigenvalue weighted by Crippen LogP contribution is 2.30. The largest absolute Gasteiger partial charge is 0.342 e. The molecule has 1 aliphatic carbocycles. The maximum Gasteiger partial charge on any atom is 0.233 e. The first-order chi connectivity index (χ1) is 11.7. The first kappa shape index (κ1) is 17.0. The van der Waals surface area contributed by atoms with Crippen LogP contribution in [0.1, 0.15) is 26.2 Å². The maximum absolute atomic E-state index is 12.5. The Balaban J connectivity index is 1.61. The maximum atomic E-state index is 12.5. The molecule has 2 heterocycles. The quantitative estimate of drug-likeness (QED) is 0.688. The zero-order chi connectivity index (χ0) is 16.9. The molecule has 2 aromatic rings. The lowest BCUT2D eigenvalue weighted by Gasteiger charge is -2.21. The first-order valence-electron chi connectivity index (χ1n) is 8.39. The number of amides is 1. The molecule has 0 saturated heterocycles. The number of pyridine rings is 1. The monoisotopic (exact) mass is 345 g/mol. The summed E-state index contributed by atoms with van der Waals surface area (Å²) < 4.78 is 1.93. The summed E-state index contributed by atoms with van der Waals surface area (Å²) in [7, 11) is 1.93. The van der Waals surface area contributed by atoms with Crippen LogP contribution in [0.2, 0.25) is 0 Å². The van der Waals surface area contributed by atoms with E-state index in [2.05, 4.69) is 22.1 Å². The van der Waals surface area contributed by atoms with Gasteiger partial charge in [0, 0.05) is 38.1 Å². The second-order valence-corrected chi connectivity index (χ2v) is 7.12. The van der Waals surface area contributed by atoms with E-state index in [4.69, 9.17) is 0 Å². The Labute approximate surface area is 146 Å². The number of aromatic nitrogens is 4. The molecule has 128 valence electrons. The summed E-state index contributed by atoms with van der Waals surface area (Å²) in [6.07, 6.45) is 7.00. The molecule has 0 atom stereocenters. The van der Waals surface area contributed by atoms with E-state index in [1.807, 2.05) is 28.6 Å². The lowest BCUT2D eigenvalue weighted by atomic mass is 10.2. The van der Waals surface area contributed by atoms with E-state index in [9.17, 15) is 4.79 Å². The van der Waals surface area contributed by atoms with E-state index in [1.54, 1.807) is 12.4 Å². The van der Waals surface area contributed by atoms with Gasteiger partial charge in [0.2, 0.25) is 5.91 Å². The Kier molecular flexibility index (Phi) is 5.50. The Morgan fingerprint density at radius 1 is 1.33 bits per heavy atom. The fraction of sp³-hybridized carbons (Fsp3) is 0.529. The summed E-state index contributed by atoms with van der Waals surface area (Å²) >= 11 is 1.45. The van der Waals surface area contributed by atoms with Gasteiger partial charge in [-0.25, -0.2) is 0 Å². The molecule has 1 saturated carbocycles. The van der Waals surface area contributed by atoms with Gasteiger partial charge in [-0.05, 0) is 37.3 Å². The summed E-state index contributed by atoms with van der Waals surface area (Å²) in [4.78, 5) is 18.5. The van der Waals surface area contributed by atoms with Crippen LogP contribution < -0.4 is 0 Å². The molecule has 2 aromatic heterocycles. The van der Waals surface area contributed by atoms with Gasteiger partial charge >= 0.3 is 0 Å². The Morgan fingerprint density at radius 3 is 2.75 bits per heavy atom. The molecule has 0 bridgehead atoms. The number of rotatable bonds is 8. The van der Waals surface area contributed by atoms with E-state index in [-0.39, 0.29) is 5.91 Å². The lowest BCUT2D eigenvalue weighted by Crippen LogP contribution is -2.35. The van der Waals surface area contributed by atoms with Gasteiger partial charge in [-0.3, -0.25) is 9.78 Å². The molecule has 7 heteroatoms. The third-order valence-electron chi connectivity index (χ3n) is 4.12. The molecule has 0 aliphatic heterocycles. The highest BCUT2D eigenvalue weighted by atomic mass is 32.2. The second-order valence-electron chi connectivity index (χ2n) is 6.17. The zero-order valence-electron chi connectivity index (χ0n) is 14.2. The summed E-state index contributed by atoms with van der Waals surface area (Å²) in [6.45, 7) is 3.87. The van der Waals surface area contributed by atoms with Crippen LogP contribution in [0.25, 0.3) is 11.4 Å². The minimum absolute atomic E-state index is 0.196. The van der Waals surface area contributed by atoms with Gasteiger partial charge in [0.15, 0.2) is 11.0 Å². The van der Waals surface area contributed by atoms with Crippen molar-refractivity contribution in [3.05, 3.63) is 24.5 Å². The van der Waals surface area contributed by atoms with Crippen molar-refractivity contribution < 1.29 is 4.79 Å². The van der Waals surface area contributed by atoms with Gasteiger partial charge < -0.3 is 9.47 Å². The average molecular weight is 345 g/mol. The fourth-order valence-corrected chi connectivity index (χ4v) is 3.42. The number of carbonyl (C=O) groups excluding carboxylic acids is 1. The molecule has 0 N–H and O–H groups in total. The number of thioether (sulfide) groups is 1. The molecular formula is C17H23N5OS. The van der Waals surface area contributed by atoms with Crippen LogP contribution in [0.3, 0.4) is 0 Å². The van der Waals surface area contributed by atoms with Crippen molar-refractivity contribution in [1.29, 1.82) is 0 Å². The highest BCUT2D eigenvalue weighted by molar-refractivity contribution is 7.99. The Hall–Kier alpha value is -1.89. The van der Waals surface area contributed by atoms with Crippen molar-refractivity contribution in [2.24, 2.45) is 13.0 Å². The van der Waals surface area contributed by atoms with Crippen LogP contribution >= 0.6 is 11.8 Å². The number of carbonyl (C=O) groups is 1. The standard InChI is InChI=1S/C17H23N5OS/c1-3-10-22(11-13-4-5-13)15(23)12-24-17-20-19-16(21(17)2)14-6-8-18-9-7-14/h6-9,13H,3-5,10-12H2,1-2H3. The molecule has 6 nitrogen and oxygen atoms in total. The van der Waals surface area contributed by atoms with Crippen LogP contribution in [-0.2, 0) is 11.8 Å². The van der Waals surface area contributed by atoms with E-state index >= 15 is 0 Å². The van der Waals surface area contributed by atoms with Crippen molar-refractivity contribution in [3.63, 3.8) is 0 Å². The normalized spacial score (nSPS) is 13.9. The zero-order valence-corrected chi connectivity index (χ0v) is 15.0. The van der Waals surface area contributed by atoms with Crippen LogP contribution in [0.15, 0.2) is 29.7 Å². The van der Waals surface area contributed by atoms with Crippen LogP contribution in [0.5, 0.6) is 0 Å². The van der Waals surface area contributed by atoms with E-state index in [1.165, 1.54) is 24.6 Å². The molecule has 1 aliphatic rings. The average Bonchev–Trinajstić information content (AvgIpc) is 3.34. The van der Waals surface area contributed by atoms with Crippen molar-refractivity contribution in [1.82, 2.24) is 24.6 Å². The molecule has 0 unspecified atom stereocenters. The van der Waals surface area contributed by atoms with Crippen LogP contribution in [0.4, 0.5) is 0 Å². The lowest BCUT2D eigenvalue weighted by molar-refractivity contribution is -0.128. The predicted molar refractivity (Wildman–Crippen MR) is 94.6 cm³/mol. The van der Waals surface area contributed by atoms with Gasteiger partial charge in [-0.2, -0.15) is 0 Å². The molecule has 0 radical (unpaired) electrons. The second kappa shape index (κ2) is 7.79. The molecule has 0 aromatic carbocycles. The summed E-state index contributed by atoms with van der Waals surface area (Å²) in [5, 5.41) is 9.23. The molecular weight excluding hydrogens is 322 g/mol. The highest BCUT2D eigenvalue weighted by Gasteiger charge is 2.26. The smallest absolute Gasteiger partial charge is 0.233 e. The van der Waals surface area contributed by atoms with Crippen LogP contribution in [-0.4, -0.2) is 49.4 Å². The summed E-state index contributed by atoms with van der Waals surface area (Å²) in [6, 6.07) is 3.81. The first-order valence-corrected chi connectivity index (χ1v) is 9.38. The van der Waals surface area contributed by atoms with E-state index < -0.39 is 0 Å². The minimum atomic E-state index is 0.196. The summed E-state index contributed by atoms with van der Waals surface area (Å²) in [5.74, 6) is 2.12. The number of hydrogen-bond acceptors (Lipinski definition) is 5. The minimum Gasteiger partial charge on any atom is -0.342 e. The van der Waals surface area contributed by atoms with Gasteiger partial charge in [0.25, 0.3) is 0 Å². The van der Waals surface area contributed by atoms with Crippen molar-refractivity contribution >= 4 is 17.7 Å². The molecule has 24 heavy (non-hydrogen) atoms. The fourth-order valence-electron chi connectivity index (χ4n) is 2.61. The third kappa shape index (κ3) is 4.14. The SMILES string of the molecule is CCCN(CC1CC1)C(=O)CSc1nnc(-c2ccncc2)n1C. The molecule has 3 rings (SSSR count). The van der Waals surface area contributed by atoms with Crippen molar-refractivity contribution in [2.75, 3.05) is 18.8 Å². The number of nitrogens with zero attached hydrogens (tertiary/aromatic N) is 5. The van der Waals surface area contributed by atoms with E-state index in [0.717, 1.165) is 42.0 Å². The van der Waals surface area contributed by atoms with E-state index in [0.29, 0.717) is 5.75 Å². The Morgan fingerprint density at radius 2 is 2.08 bits per heavy atom. The summed E-state index contributed by atoms with van der Waals surface area (Å²) in [5.41, 5.74) is 0.972. The van der Waals surface area contributed by atoms with Gasteiger partial charge in [0.1, 0.15) is 0 Å².